The molecule has 25 heavy (non-hydrogen) atoms. The van der Waals surface area contributed by atoms with E-state index in [1.165, 1.54) is 0 Å². The lowest BCUT2D eigenvalue weighted by molar-refractivity contribution is 0.0867. The molecule has 1 saturated carbocycles. The van der Waals surface area contributed by atoms with E-state index in [1.807, 2.05) is 37.3 Å². The highest BCUT2D eigenvalue weighted by molar-refractivity contribution is 5.94. The number of aliphatic hydroxyl groups is 1. The van der Waals surface area contributed by atoms with Crippen molar-refractivity contribution in [2.75, 3.05) is 13.2 Å². The molecular weight excluding hydrogens is 318 g/mol. The third-order valence-corrected chi connectivity index (χ3v) is 4.52. The third kappa shape index (κ3) is 4.39. The second-order valence-electron chi connectivity index (χ2n) is 6.45. The molecule has 0 bridgehead atoms. The zero-order valence-electron chi connectivity index (χ0n) is 14.5. The average Bonchev–Trinajstić information content (AvgIpc) is 3.05. The van der Waals surface area contributed by atoms with Gasteiger partial charge in [0, 0.05) is 6.54 Å². The zero-order valence-corrected chi connectivity index (χ0v) is 14.5. The van der Waals surface area contributed by atoms with E-state index in [-0.39, 0.29) is 12.0 Å². The smallest absolute Gasteiger partial charge is 0.275 e. The molecule has 1 fully saturated rings. The molecular formula is C19H25N3O3. The predicted octanol–water partition coefficient (Wildman–Crippen LogP) is 2.55. The van der Waals surface area contributed by atoms with Crippen LogP contribution in [0.15, 0.2) is 36.5 Å². The molecule has 6 heteroatoms. The molecule has 1 aliphatic carbocycles. The van der Waals surface area contributed by atoms with Crippen molar-refractivity contribution >= 4 is 5.91 Å². The van der Waals surface area contributed by atoms with Gasteiger partial charge in [-0.05, 0) is 44.2 Å². The van der Waals surface area contributed by atoms with Crippen molar-refractivity contribution in [3.05, 3.63) is 42.2 Å². The first-order chi connectivity index (χ1) is 12.2. The molecule has 0 spiro atoms. The van der Waals surface area contributed by atoms with Gasteiger partial charge in [0.15, 0.2) is 11.4 Å². The second-order valence-corrected chi connectivity index (χ2v) is 6.45. The molecule has 2 atom stereocenters. The number of amides is 1. The Bertz CT molecular complexity index is 699. The maximum absolute atomic E-state index is 12.6. The Labute approximate surface area is 147 Å². The summed E-state index contributed by atoms with van der Waals surface area (Å²) < 4.78 is 7.24. The molecule has 1 heterocycles. The van der Waals surface area contributed by atoms with Gasteiger partial charge in [-0.2, -0.15) is 5.10 Å². The van der Waals surface area contributed by atoms with Crippen LogP contribution in [-0.2, 0) is 0 Å². The van der Waals surface area contributed by atoms with Crippen LogP contribution in [0.1, 0.15) is 43.1 Å². The van der Waals surface area contributed by atoms with E-state index in [9.17, 15) is 9.90 Å². The van der Waals surface area contributed by atoms with Crippen molar-refractivity contribution in [2.24, 2.45) is 5.92 Å². The first kappa shape index (κ1) is 17.5. The Hall–Kier alpha value is -2.34. The van der Waals surface area contributed by atoms with Gasteiger partial charge in [0.1, 0.15) is 0 Å². The maximum atomic E-state index is 12.6. The Morgan fingerprint density at radius 3 is 2.88 bits per heavy atom. The fourth-order valence-corrected chi connectivity index (χ4v) is 3.26. The molecule has 2 unspecified atom stereocenters. The molecule has 0 radical (unpaired) electrons. The number of nitrogens with one attached hydrogen (secondary N) is 1. The summed E-state index contributed by atoms with van der Waals surface area (Å²) in [6, 6.07) is 9.63. The molecule has 2 N–H and O–H groups in total. The second kappa shape index (κ2) is 8.16. The van der Waals surface area contributed by atoms with Gasteiger partial charge in [-0.1, -0.05) is 24.6 Å². The van der Waals surface area contributed by atoms with Crippen LogP contribution in [0, 0.1) is 5.92 Å². The summed E-state index contributed by atoms with van der Waals surface area (Å²) in [5.74, 6) is 0.560. The van der Waals surface area contributed by atoms with E-state index in [0.29, 0.717) is 30.5 Å². The van der Waals surface area contributed by atoms with Crippen molar-refractivity contribution in [3.63, 3.8) is 0 Å². The molecule has 1 aliphatic rings. The number of ether oxygens (including phenoxy) is 1. The first-order valence-corrected chi connectivity index (χ1v) is 8.91. The molecule has 1 aromatic carbocycles. The molecule has 3 rings (SSSR count). The largest absolute Gasteiger partial charge is 0.490 e. The molecule has 134 valence electrons. The minimum atomic E-state index is -0.244. The minimum absolute atomic E-state index is 0.238. The van der Waals surface area contributed by atoms with Crippen molar-refractivity contribution in [2.45, 2.75) is 38.7 Å². The molecule has 1 amide bonds. The number of rotatable bonds is 6. The van der Waals surface area contributed by atoms with Crippen LogP contribution in [0.3, 0.4) is 0 Å². The molecule has 2 aromatic rings. The van der Waals surface area contributed by atoms with Gasteiger partial charge in [-0.15, -0.1) is 0 Å². The quantitative estimate of drug-likeness (QED) is 0.845. The summed E-state index contributed by atoms with van der Waals surface area (Å²) >= 11 is 0. The highest BCUT2D eigenvalue weighted by atomic mass is 16.5. The predicted molar refractivity (Wildman–Crippen MR) is 95.0 cm³/mol. The van der Waals surface area contributed by atoms with Gasteiger partial charge < -0.3 is 15.2 Å². The maximum Gasteiger partial charge on any atom is 0.275 e. The molecule has 0 aliphatic heterocycles. The zero-order chi connectivity index (χ0) is 17.6. The van der Waals surface area contributed by atoms with Crippen LogP contribution in [0.2, 0.25) is 0 Å². The lowest BCUT2D eigenvalue weighted by atomic mass is 9.87. The number of benzene rings is 1. The highest BCUT2D eigenvalue weighted by Crippen LogP contribution is 2.24. The topological polar surface area (TPSA) is 76.4 Å². The van der Waals surface area contributed by atoms with Crippen LogP contribution >= 0.6 is 0 Å². The lowest BCUT2D eigenvalue weighted by Crippen LogP contribution is -2.33. The number of hydrogen-bond donors (Lipinski definition) is 2. The minimum Gasteiger partial charge on any atom is -0.490 e. The van der Waals surface area contributed by atoms with Crippen LogP contribution < -0.4 is 10.1 Å². The number of aromatic nitrogens is 2. The number of carbonyl (C=O) groups is 1. The number of carbonyl (C=O) groups excluding carboxylic acids is 1. The standard InChI is InChI=1S/C19H25N3O3/c1-2-25-17-13-22(15-8-4-3-5-9-15)21-18(17)19(24)20-12-14-7-6-10-16(23)11-14/h3-5,8-9,13-14,16,23H,2,6-7,10-12H2,1H3,(H,20,24). The van der Waals surface area contributed by atoms with Crippen molar-refractivity contribution < 1.29 is 14.6 Å². The van der Waals surface area contributed by atoms with E-state index in [1.54, 1.807) is 10.9 Å². The van der Waals surface area contributed by atoms with E-state index in [2.05, 4.69) is 10.4 Å². The van der Waals surface area contributed by atoms with Crippen LogP contribution in [0.4, 0.5) is 0 Å². The van der Waals surface area contributed by atoms with Crippen LogP contribution in [0.5, 0.6) is 5.75 Å². The van der Waals surface area contributed by atoms with Gasteiger partial charge >= 0.3 is 0 Å². The number of hydrogen-bond acceptors (Lipinski definition) is 4. The number of aliphatic hydroxyl groups excluding tert-OH is 1. The number of nitrogens with zero attached hydrogens (tertiary/aromatic N) is 2. The summed E-state index contributed by atoms with van der Waals surface area (Å²) in [5, 5.41) is 17.1. The number of para-hydroxylation sites is 1. The summed E-state index contributed by atoms with van der Waals surface area (Å²) in [4.78, 5) is 12.6. The summed E-state index contributed by atoms with van der Waals surface area (Å²) in [5.41, 5.74) is 1.17. The molecule has 0 saturated heterocycles. The summed E-state index contributed by atoms with van der Waals surface area (Å²) in [7, 11) is 0. The molecule has 6 nitrogen and oxygen atoms in total. The van der Waals surface area contributed by atoms with Crippen molar-refractivity contribution in [1.29, 1.82) is 0 Å². The van der Waals surface area contributed by atoms with Gasteiger partial charge in [-0.3, -0.25) is 4.79 Å². The Kier molecular flexibility index (Phi) is 5.71. The first-order valence-electron chi connectivity index (χ1n) is 8.91. The normalized spacial score (nSPS) is 20.2. The van der Waals surface area contributed by atoms with Crippen molar-refractivity contribution in [1.82, 2.24) is 15.1 Å². The van der Waals surface area contributed by atoms with E-state index in [0.717, 1.165) is 31.4 Å². The summed E-state index contributed by atoms with van der Waals surface area (Å²) in [6.45, 7) is 2.90. The third-order valence-electron chi connectivity index (χ3n) is 4.52. The lowest BCUT2D eigenvalue weighted by Gasteiger charge is -2.25. The summed E-state index contributed by atoms with van der Waals surface area (Å²) in [6.07, 6.45) is 5.14. The van der Waals surface area contributed by atoms with Crippen LogP contribution in [0.25, 0.3) is 5.69 Å². The molecule has 1 aromatic heterocycles. The van der Waals surface area contributed by atoms with Gasteiger partial charge in [0.25, 0.3) is 5.91 Å². The Morgan fingerprint density at radius 2 is 2.16 bits per heavy atom. The van der Waals surface area contributed by atoms with E-state index in [4.69, 9.17) is 4.74 Å². The van der Waals surface area contributed by atoms with Gasteiger partial charge in [-0.25, -0.2) is 4.68 Å². The van der Waals surface area contributed by atoms with E-state index < -0.39 is 0 Å². The van der Waals surface area contributed by atoms with Gasteiger partial charge in [0.2, 0.25) is 0 Å². The monoisotopic (exact) mass is 343 g/mol. The Balaban J connectivity index is 1.71. The van der Waals surface area contributed by atoms with E-state index >= 15 is 0 Å². The fraction of sp³-hybridized carbons (Fsp3) is 0.474. The van der Waals surface area contributed by atoms with Crippen LogP contribution in [-0.4, -0.2) is 40.0 Å². The SMILES string of the molecule is CCOc1cn(-c2ccccc2)nc1C(=O)NCC1CCCC(O)C1. The van der Waals surface area contributed by atoms with Crippen molar-refractivity contribution in [3.8, 4) is 11.4 Å². The highest BCUT2D eigenvalue weighted by Gasteiger charge is 2.23. The van der Waals surface area contributed by atoms with Gasteiger partial charge in [0.05, 0.1) is 24.6 Å². The Morgan fingerprint density at radius 1 is 1.36 bits per heavy atom. The average molecular weight is 343 g/mol. The fourth-order valence-electron chi connectivity index (χ4n) is 3.26.